The van der Waals surface area contributed by atoms with Gasteiger partial charge in [-0.3, -0.25) is 4.79 Å². The first-order valence-electron chi connectivity index (χ1n) is 4.77. The average Bonchev–Trinajstić information content (AvgIpc) is 2.24. The van der Waals surface area contributed by atoms with Gasteiger partial charge >= 0.3 is 0 Å². The lowest BCUT2D eigenvalue weighted by molar-refractivity contribution is 0.0786. The van der Waals surface area contributed by atoms with Crippen LogP contribution in [-0.2, 0) is 0 Å². The molecule has 0 atom stereocenters. The monoisotopic (exact) mass is 211 g/mol. The number of aliphatic hydroxyl groups is 1. The minimum absolute atomic E-state index is 0.0424. The summed E-state index contributed by atoms with van der Waals surface area (Å²) >= 11 is 0. The fourth-order valence-corrected chi connectivity index (χ4v) is 1.25. The number of benzene rings is 1. The molecular formula is C11H14FNO2. The Bertz CT molecular complexity index is 341. The van der Waals surface area contributed by atoms with Crippen LogP contribution in [0.3, 0.4) is 0 Å². The Hall–Kier alpha value is -1.42. The molecule has 1 N–H and O–H groups in total. The zero-order chi connectivity index (χ0) is 11.3. The van der Waals surface area contributed by atoms with Crippen LogP contribution in [0, 0.1) is 5.82 Å². The van der Waals surface area contributed by atoms with Crippen molar-refractivity contribution in [3.8, 4) is 0 Å². The van der Waals surface area contributed by atoms with Crippen molar-refractivity contribution < 1.29 is 14.3 Å². The summed E-state index contributed by atoms with van der Waals surface area (Å²) in [7, 11) is 1.63. The molecule has 0 saturated carbocycles. The molecule has 1 aromatic rings. The topological polar surface area (TPSA) is 40.5 Å². The van der Waals surface area contributed by atoms with Gasteiger partial charge in [-0.15, -0.1) is 0 Å². The predicted octanol–water partition coefficient (Wildman–Crippen LogP) is 1.28. The lowest BCUT2D eigenvalue weighted by Gasteiger charge is -2.16. The summed E-state index contributed by atoms with van der Waals surface area (Å²) in [6.07, 6.45) is 0.525. The number of carbonyl (C=O) groups excluding carboxylic acids is 1. The molecule has 0 fully saturated rings. The first kappa shape index (κ1) is 11.7. The van der Waals surface area contributed by atoms with Crippen LogP contribution in [0.5, 0.6) is 0 Å². The van der Waals surface area contributed by atoms with E-state index >= 15 is 0 Å². The lowest BCUT2D eigenvalue weighted by Crippen LogP contribution is -2.28. The molecule has 0 unspecified atom stereocenters. The second-order valence-corrected chi connectivity index (χ2v) is 3.31. The van der Waals surface area contributed by atoms with Crippen LogP contribution >= 0.6 is 0 Å². The van der Waals surface area contributed by atoms with Crippen LogP contribution in [-0.4, -0.2) is 36.1 Å². The van der Waals surface area contributed by atoms with Crippen LogP contribution in [0.2, 0.25) is 0 Å². The first-order chi connectivity index (χ1) is 7.15. The third-order valence-corrected chi connectivity index (χ3v) is 2.07. The van der Waals surface area contributed by atoms with Gasteiger partial charge in [-0.1, -0.05) is 6.07 Å². The minimum Gasteiger partial charge on any atom is -0.396 e. The van der Waals surface area contributed by atoms with Gasteiger partial charge in [-0.05, 0) is 24.6 Å². The first-order valence-corrected chi connectivity index (χ1v) is 4.77. The zero-order valence-electron chi connectivity index (χ0n) is 8.61. The standard InChI is InChI=1S/C11H14FNO2/c1-13(6-3-7-14)11(15)9-4-2-5-10(12)8-9/h2,4-5,8,14H,3,6-7H2,1H3. The molecule has 0 heterocycles. The molecule has 1 aromatic carbocycles. The van der Waals surface area contributed by atoms with Gasteiger partial charge in [0.2, 0.25) is 0 Å². The SMILES string of the molecule is CN(CCCO)C(=O)c1cccc(F)c1. The second-order valence-electron chi connectivity index (χ2n) is 3.31. The number of hydrogen-bond donors (Lipinski definition) is 1. The molecule has 0 spiro atoms. The fourth-order valence-electron chi connectivity index (χ4n) is 1.25. The fraction of sp³-hybridized carbons (Fsp3) is 0.364. The highest BCUT2D eigenvalue weighted by molar-refractivity contribution is 5.94. The summed E-state index contributed by atoms with van der Waals surface area (Å²) in [6.45, 7) is 0.507. The highest BCUT2D eigenvalue weighted by atomic mass is 19.1. The van der Waals surface area contributed by atoms with Crippen molar-refractivity contribution >= 4 is 5.91 Å². The molecule has 3 nitrogen and oxygen atoms in total. The van der Waals surface area contributed by atoms with Crippen LogP contribution in [0.1, 0.15) is 16.8 Å². The average molecular weight is 211 g/mol. The summed E-state index contributed by atoms with van der Waals surface area (Å²) in [4.78, 5) is 13.1. The number of halogens is 1. The summed E-state index contributed by atoms with van der Waals surface area (Å²) < 4.78 is 12.8. The van der Waals surface area contributed by atoms with E-state index in [2.05, 4.69) is 0 Å². The summed E-state index contributed by atoms with van der Waals surface area (Å²) in [6, 6.07) is 5.57. The normalized spacial score (nSPS) is 10.1. The van der Waals surface area contributed by atoms with Gasteiger partial charge in [0.05, 0.1) is 0 Å². The van der Waals surface area contributed by atoms with Crippen molar-refractivity contribution in [1.82, 2.24) is 4.90 Å². The number of aliphatic hydroxyl groups excluding tert-OH is 1. The van der Waals surface area contributed by atoms with E-state index in [1.54, 1.807) is 13.1 Å². The molecular weight excluding hydrogens is 197 g/mol. The van der Waals surface area contributed by atoms with Gasteiger partial charge in [0.1, 0.15) is 5.82 Å². The molecule has 82 valence electrons. The molecule has 0 aliphatic carbocycles. The molecule has 0 bridgehead atoms. The van der Waals surface area contributed by atoms with Crippen LogP contribution < -0.4 is 0 Å². The van der Waals surface area contributed by atoms with Crippen LogP contribution in [0.4, 0.5) is 4.39 Å². The third-order valence-electron chi connectivity index (χ3n) is 2.07. The van der Waals surface area contributed by atoms with Gasteiger partial charge in [0, 0.05) is 25.8 Å². The summed E-state index contributed by atoms with van der Waals surface area (Å²) in [5, 5.41) is 8.61. The van der Waals surface area contributed by atoms with E-state index in [-0.39, 0.29) is 12.5 Å². The Kier molecular flexibility index (Phi) is 4.24. The summed E-state index contributed by atoms with van der Waals surface area (Å²) in [5.41, 5.74) is 0.329. The molecule has 0 radical (unpaired) electrons. The largest absolute Gasteiger partial charge is 0.396 e. The van der Waals surface area contributed by atoms with Crippen molar-refractivity contribution in [3.05, 3.63) is 35.6 Å². The molecule has 4 heteroatoms. The highest BCUT2D eigenvalue weighted by Gasteiger charge is 2.11. The van der Waals surface area contributed by atoms with E-state index < -0.39 is 5.82 Å². The van der Waals surface area contributed by atoms with Crippen molar-refractivity contribution in [2.75, 3.05) is 20.2 Å². The number of nitrogens with zero attached hydrogens (tertiary/aromatic N) is 1. The van der Waals surface area contributed by atoms with Gasteiger partial charge in [0.15, 0.2) is 0 Å². The van der Waals surface area contributed by atoms with Gasteiger partial charge in [0.25, 0.3) is 5.91 Å². The van der Waals surface area contributed by atoms with Gasteiger partial charge in [-0.25, -0.2) is 4.39 Å². The molecule has 15 heavy (non-hydrogen) atoms. The molecule has 0 aliphatic rings. The maximum atomic E-state index is 12.8. The Morgan fingerprint density at radius 2 is 2.27 bits per heavy atom. The molecule has 1 rings (SSSR count). The van der Waals surface area contributed by atoms with Gasteiger partial charge in [-0.2, -0.15) is 0 Å². The Labute approximate surface area is 88.1 Å². The summed E-state index contributed by atoms with van der Waals surface area (Å²) in [5.74, 6) is -0.653. The van der Waals surface area contributed by atoms with E-state index in [0.29, 0.717) is 18.5 Å². The van der Waals surface area contributed by atoms with E-state index in [4.69, 9.17) is 5.11 Å². The second kappa shape index (κ2) is 5.46. The van der Waals surface area contributed by atoms with Crippen molar-refractivity contribution in [3.63, 3.8) is 0 Å². The molecule has 1 amide bonds. The zero-order valence-corrected chi connectivity index (χ0v) is 8.61. The van der Waals surface area contributed by atoms with Gasteiger partial charge < -0.3 is 10.0 Å². The Morgan fingerprint density at radius 3 is 2.87 bits per heavy atom. The minimum atomic E-state index is -0.420. The van der Waals surface area contributed by atoms with E-state index in [1.807, 2.05) is 0 Å². The van der Waals surface area contributed by atoms with E-state index in [1.165, 1.54) is 23.1 Å². The maximum absolute atomic E-state index is 12.8. The maximum Gasteiger partial charge on any atom is 0.253 e. The number of carbonyl (C=O) groups is 1. The quantitative estimate of drug-likeness (QED) is 0.815. The predicted molar refractivity (Wildman–Crippen MR) is 55.1 cm³/mol. The van der Waals surface area contributed by atoms with E-state index in [9.17, 15) is 9.18 Å². The number of rotatable bonds is 4. The molecule has 0 aromatic heterocycles. The smallest absolute Gasteiger partial charge is 0.253 e. The van der Waals surface area contributed by atoms with Crippen LogP contribution in [0.15, 0.2) is 24.3 Å². The van der Waals surface area contributed by atoms with Crippen LogP contribution in [0.25, 0.3) is 0 Å². The molecule has 0 aliphatic heterocycles. The number of hydrogen-bond acceptors (Lipinski definition) is 2. The van der Waals surface area contributed by atoms with Crippen molar-refractivity contribution in [2.24, 2.45) is 0 Å². The van der Waals surface area contributed by atoms with Crippen molar-refractivity contribution in [1.29, 1.82) is 0 Å². The molecule has 0 saturated heterocycles. The highest BCUT2D eigenvalue weighted by Crippen LogP contribution is 2.06. The van der Waals surface area contributed by atoms with E-state index in [0.717, 1.165) is 0 Å². The number of amides is 1. The van der Waals surface area contributed by atoms with Crippen molar-refractivity contribution in [2.45, 2.75) is 6.42 Å². The Morgan fingerprint density at radius 1 is 1.53 bits per heavy atom. The Balaban J connectivity index is 2.67. The lowest BCUT2D eigenvalue weighted by atomic mass is 10.2. The third kappa shape index (κ3) is 3.32.